The minimum atomic E-state index is -0.765. The van der Waals surface area contributed by atoms with E-state index in [0.717, 1.165) is 12.8 Å². The first-order valence-corrected chi connectivity index (χ1v) is 8.27. The van der Waals surface area contributed by atoms with Gasteiger partial charge in [-0.2, -0.15) is 0 Å². The van der Waals surface area contributed by atoms with Crippen LogP contribution in [0.3, 0.4) is 0 Å². The summed E-state index contributed by atoms with van der Waals surface area (Å²) in [7, 11) is 0. The number of nitro groups is 1. The fourth-order valence-electron chi connectivity index (χ4n) is 5.15. The molecule has 4 atom stereocenters. The molecule has 1 heterocycles. The van der Waals surface area contributed by atoms with Crippen LogP contribution in [0, 0.1) is 26.9 Å². The summed E-state index contributed by atoms with van der Waals surface area (Å²) in [6, 6.07) is 5.93. The SMILES string of the molecule is CC12COC3(C(=O)NNc4ccc([N+](=O)[O-])cc4)CC1CCC32C. The number of rotatable bonds is 4. The van der Waals surface area contributed by atoms with E-state index in [1.54, 1.807) is 12.1 Å². The first kappa shape index (κ1) is 15.4. The number of nitrogens with one attached hydrogen (secondary N) is 2. The fourth-order valence-corrected chi connectivity index (χ4v) is 5.15. The number of carbonyl (C=O) groups excluding carboxylic acids is 1. The van der Waals surface area contributed by atoms with Crippen molar-refractivity contribution in [2.45, 2.75) is 38.7 Å². The Balaban J connectivity index is 1.49. The molecule has 1 saturated heterocycles. The van der Waals surface area contributed by atoms with Crippen molar-refractivity contribution in [1.29, 1.82) is 0 Å². The largest absolute Gasteiger partial charge is 0.364 e. The number of anilines is 1. The maximum atomic E-state index is 12.9. The van der Waals surface area contributed by atoms with E-state index in [1.807, 2.05) is 0 Å². The first-order valence-electron chi connectivity index (χ1n) is 8.27. The molecule has 128 valence electrons. The van der Waals surface area contributed by atoms with E-state index in [-0.39, 0.29) is 22.4 Å². The third-order valence-electron chi connectivity index (χ3n) is 6.96. The molecular formula is C17H21N3O4. The second-order valence-electron chi connectivity index (χ2n) is 7.69. The molecule has 1 aromatic rings. The van der Waals surface area contributed by atoms with Crippen LogP contribution >= 0.6 is 0 Å². The topological polar surface area (TPSA) is 93.5 Å². The standard InChI is InChI=1S/C17H21N3O4/c1-15-10-24-17(9-11(15)7-8-16(15,17)2)14(21)19-18-12-3-5-13(6-4-12)20(22)23/h3-6,11,18H,7-10H2,1-2H3,(H,19,21). The van der Waals surface area contributed by atoms with Crippen molar-refractivity contribution in [2.75, 3.05) is 12.0 Å². The van der Waals surface area contributed by atoms with Crippen LogP contribution in [-0.2, 0) is 9.53 Å². The average Bonchev–Trinajstić information content (AvgIpc) is 3.04. The molecule has 2 aliphatic carbocycles. The Morgan fingerprint density at radius 3 is 2.62 bits per heavy atom. The average molecular weight is 331 g/mol. The molecule has 0 aromatic heterocycles. The van der Waals surface area contributed by atoms with Gasteiger partial charge in [0.25, 0.3) is 11.6 Å². The van der Waals surface area contributed by atoms with Gasteiger partial charge in [0.15, 0.2) is 5.60 Å². The summed E-state index contributed by atoms with van der Waals surface area (Å²) in [6.45, 7) is 5.06. The Morgan fingerprint density at radius 2 is 2.04 bits per heavy atom. The minimum Gasteiger partial charge on any atom is -0.364 e. The van der Waals surface area contributed by atoms with E-state index in [1.165, 1.54) is 18.6 Å². The van der Waals surface area contributed by atoms with E-state index < -0.39 is 10.5 Å². The van der Waals surface area contributed by atoms with Gasteiger partial charge in [-0.15, -0.1) is 0 Å². The third-order valence-corrected chi connectivity index (χ3v) is 6.96. The number of hydrogen-bond acceptors (Lipinski definition) is 5. The number of nitro benzene ring substituents is 1. The number of non-ortho nitro benzene ring substituents is 1. The van der Waals surface area contributed by atoms with Gasteiger partial charge in [-0.1, -0.05) is 13.8 Å². The number of amides is 1. The molecule has 1 amide bonds. The van der Waals surface area contributed by atoms with Gasteiger partial charge in [0.2, 0.25) is 0 Å². The van der Waals surface area contributed by atoms with E-state index in [4.69, 9.17) is 4.74 Å². The van der Waals surface area contributed by atoms with Crippen molar-refractivity contribution >= 4 is 17.3 Å². The monoisotopic (exact) mass is 331 g/mol. The zero-order valence-corrected chi connectivity index (χ0v) is 13.8. The number of ether oxygens (including phenoxy) is 1. The van der Waals surface area contributed by atoms with Gasteiger partial charge in [-0.3, -0.25) is 25.8 Å². The zero-order valence-electron chi connectivity index (χ0n) is 13.8. The van der Waals surface area contributed by atoms with E-state index in [9.17, 15) is 14.9 Å². The molecule has 4 unspecified atom stereocenters. The number of hydrazine groups is 1. The first-order chi connectivity index (χ1) is 11.3. The highest BCUT2D eigenvalue weighted by Crippen LogP contribution is 2.74. The van der Waals surface area contributed by atoms with Gasteiger partial charge in [0.05, 0.1) is 17.2 Å². The number of hydrogen-bond donors (Lipinski definition) is 2. The Kier molecular flexibility index (Phi) is 3.01. The van der Waals surface area contributed by atoms with Crippen LogP contribution in [-0.4, -0.2) is 23.0 Å². The number of nitrogens with zero attached hydrogens (tertiary/aromatic N) is 1. The summed E-state index contributed by atoms with van der Waals surface area (Å²) >= 11 is 0. The second-order valence-corrected chi connectivity index (χ2v) is 7.69. The van der Waals surface area contributed by atoms with Crippen LogP contribution < -0.4 is 10.9 Å². The van der Waals surface area contributed by atoms with E-state index >= 15 is 0 Å². The third kappa shape index (κ3) is 1.68. The normalized spacial score (nSPS) is 39.0. The Hall–Kier alpha value is -2.15. The van der Waals surface area contributed by atoms with Crippen LogP contribution in [0.15, 0.2) is 24.3 Å². The molecule has 24 heavy (non-hydrogen) atoms. The maximum absolute atomic E-state index is 12.9. The highest BCUT2D eigenvalue weighted by atomic mass is 16.6. The summed E-state index contributed by atoms with van der Waals surface area (Å²) in [5.41, 5.74) is 5.40. The highest BCUT2D eigenvalue weighted by Gasteiger charge is 2.78. The van der Waals surface area contributed by atoms with Gasteiger partial charge < -0.3 is 4.74 Å². The van der Waals surface area contributed by atoms with Crippen molar-refractivity contribution in [3.63, 3.8) is 0 Å². The number of carbonyl (C=O) groups is 1. The molecule has 7 heteroatoms. The Labute approximate surface area is 139 Å². The molecule has 0 radical (unpaired) electrons. The summed E-state index contributed by atoms with van der Waals surface area (Å²) in [4.78, 5) is 23.1. The lowest BCUT2D eigenvalue weighted by molar-refractivity contribution is -0.384. The van der Waals surface area contributed by atoms with Crippen LogP contribution in [0.1, 0.15) is 33.1 Å². The molecule has 3 aliphatic rings. The summed E-state index contributed by atoms with van der Waals surface area (Å²) in [5, 5.41) is 10.7. The van der Waals surface area contributed by atoms with Crippen LogP contribution in [0.25, 0.3) is 0 Å². The molecule has 4 bridgehead atoms. The van der Waals surface area contributed by atoms with Crippen LogP contribution in [0.2, 0.25) is 0 Å². The van der Waals surface area contributed by atoms with Crippen molar-refractivity contribution < 1.29 is 14.5 Å². The van der Waals surface area contributed by atoms with Crippen molar-refractivity contribution in [3.8, 4) is 0 Å². The van der Waals surface area contributed by atoms with Gasteiger partial charge in [-0.25, -0.2) is 0 Å². The predicted molar refractivity (Wildman–Crippen MR) is 87.1 cm³/mol. The predicted octanol–water partition coefficient (Wildman–Crippen LogP) is 2.63. The van der Waals surface area contributed by atoms with Crippen molar-refractivity contribution in [3.05, 3.63) is 34.4 Å². The Bertz CT molecular complexity index is 721. The van der Waals surface area contributed by atoms with Crippen LogP contribution in [0.5, 0.6) is 0 Å². The lowest BCUT2D eigenvalue weighted by Crippen LogP contribution is -2.56. The van der Waals surface area contributed by atoms with Gasteiger partial charge in [-0.05, 0) is 37.3 Å². The molecule has 7 nitrogen and oxygen atoms in total. The zero-order chi connectivity index (χ0) is 17.2. The molecule has 3 fully saturated rings. The molecular weight excluding hydrogens is 310 g/mol. The summed E-state index contributed by atoms with van der Waals surface area (Å²) in [5.74, 6) is 0.399. The molecule has 4 rings (SSSR count). The second kappa shape index (κ2) is 4.69. The molecule has 1 aromatic carbocycles. The van der Waals surface area contributed by atoms with Gasteiger partial charge in [0.1, 0.15) is 0 Å². The lowest BCUT2D eigenvalue weighted by Gasteiger charge is -2.39. The minimum absolute atomic E-state index is 0.0148. The molecule has 2 saturated carbocycles. The van der Waals surface area contributed by atoms with Crippen molar-refractivity contribution in [1.82, 2.24) is 5.43 Å². The molecule has 0 spiro atoms. The highest BCUT2D eigenvalue weighted by molar-refractivity contribution is 5.89. The fraction of sp³-hybridized carbons (Fsp3) is 0.588. The van der Waals surface area contributed by atoms with Crippen molar-refractivity contribution in [2.24, 2.45) is 16.7 Å². The van der Waals surface area contributed by atoms with Gasteiger partial charge in [0, 0.05) is 23.0 Å². The van der Waals surface area contributed by atoms with Crippen LogP contribution in [0.4, 0.5) is 11.4 Å². The number of benzene rings is 1. The van der Waals surface area contributed by atoms with E-state index in [2.05, 4.69) is 24.7 Å². The summed E-state index contributed by atoms with van der Waals surface area (Å²) < 4.78 is 6.04. The smallest absolute Gasteiger partial charge is 0.271 e. The Morgan fingerprint density at radius 1 is 1.33 bits per heavy atom. The quantitative estimate of drug-likeness (QED) is 0.653. The lowest BCUT2D eigenvalue weighted by atomic mass is 9.66. The van der Waals surface area contributed by atoms with E-state index in [0.29, 0.717) is 18.2 Å². The van der Waals surface area contributed by atoms with Gasteiger partial charge >= 0.3 is 0 Å². The molecule has 1 aliphatic heterocycles. The maximum Gasteiger partial charge on any atom is 0.271 e. The molecule has 2 N–H and O–H groups in total. The summed E-state index contributed by atoms with van der Waals surface area (Å²) in [6.07, 6.45) is 2.95.